The number of nitrogens with zero attached hydrogens (tertiary/aromatic N) is 2. The number of halogens is 2. The maximum atomic E-state index is 12.5. The minimum Gasteiger partial charge on any atom is -0.312 e. The number of fused-ring (bicyclic) bond motifs is 1. The number of rotatable bonds is 2. The van der Waals surface area contributed by atoms with Gasteiger partial charge in [0.05, 0.1) is 16.3 Å². The summed E-state index contributed by atoms with van der Waals surface area (Å²) < 4.78 is 2.44. The molecule has 0 aliphatic heterocycles. The number of carbonyl (C=O) groups excluding carboxylic acids is 1. The van der Waals surface area contributed by atoms with Gasteiger partial charge in [-0.1, -0.05) is 38.4 Å². The first kappa shape index (κ1) is 18.6. The Labute approximate surface area is 170 Å². The van der Waals surface area contributed by atoms with Crippen LogP contribution in [0.5, 0.6) is 0 Å². The Morgan fingerprint density at radius 2 is 1.92 bits per heavy atom. The fourth-order valence-corrected chi connectivity index (χ4v) is 4.61. The summed E-state index contributed by atoms with van der Waals surface area (Å²) in [6.45, 7) is 5.67. The van der Waals surface area contributed by atoms with Crippen LogP contribution in [0.1, 0.15) is 20.8 Å². The number of thiophene rings is 1. The van der Waals surface area contributed by atoms with Crippen molar-refractivity contribution in [2.75, 3.05) is 11.9 Å². The molecule has 0 saturated heterocycles. The predicted octanol–water partition coefficient (Wildman–Crippen LogP) is 6.23. The lowest BCUT2D eigenvalue weighted by molar-refractivity contribution is -0.125. The minimum atomic E-state index is -0.473. The van der Waals surface area contributed by atoms with E-state index in [2.05, 4.69) is 51.8 Å². The number of carbonyl (C=O) groups is 1. The minimum absolute atomic E-state index is 0.000359. The van der Waals surface area contributed by atoms with Gasteiger partial charge in [0.1, 0.15) is 0 Å². The lowest BCUT2D eigenvalue weighted by atomic mass is 9.95. The van der Waals surface area contributed by atoms with Crippen molar-refractivity contribution in [3.05, 3.63) is 45.1 Å². The van der Waals surface area contributed by atoms with Crippen molar-refractivity contribution in [3.63, 3.8) is 0 Å². The first-order chi connectivity index (χ1) is 11.7. The van der Waals surface area contributed by atoms with Crippen LogP contribution in [0.3, 0.4) is 0 Å². The Morgan fingerprint density at radius 3 is 2.56 bits per heavy atom. The van der Waals surface area contributed by atoms with Gasteiger partial charge in [0.2, 0.25) is 5.91 Å². The van der Waals surface area contributed by atoms with Crippen LogP contribution >= 0.6 is 45.5 Å². The lowest BCUT2D eigenvalue weighted by Gasteiger charge is -2.26. The third-order valence-electron chi connectivity index (χ3n) is 3.87. The summed E-state index contributed by atoms with van der Waals surface area (Å²) in [5.74, 6) is 0.000359. The molecule has 0 unspecified atom stereocenters. The number of hydrogen-bond donors (Lipinski definition) is 0. The molecule has 2 aromatic heterocycles. The van der Waals surface area contributed by atoms with Gasteiger partial charge in [0, 0.05) is 20.7 Å². The van der Waals surface area contributed by atoms with Crippen LogP contribution in [0, 0.1) is 8.99 Å². The highest BCUT2D eigenvalue weighted by atomic mass is 127. The third kappa shape index (κ3) is 3.83. The zero-order valence-corrected chi connectivity index (χ0v) is 18.2. The van der Waals surface area contributed by atoms with E-state index in [1.807, 2.05) is 32.9 Å². The average Bonchev–Trinajstić information content (AvgIpc) is 2.95. The van der Waals surface area contributed by atoms with E-state index >= 15 is 0 Å². The molecule has 130 valence electrons. The van der Waals surface area contributed by atoms with Crippen LogP contribution in [0.4, 0.5) is 5.69 Å². The normalized spacial score (nSPS) is 11.8. The van der Waals surface area contributed by atoms with E-state index in [1.54, 1.807) is 23.3 Å². The van der Waals surface area contributed by atoms with E-state index < -0.39 is 5.41 Å². The zero-order chi connectivity index (χ0) is 18.4. The summed E-state index contributed by atoms with van der Waals surface area (Å²) in [7, 11) is 1.73. The molecule has 0 fully saturated rings. The quantitative estimate of drug-likeness (QED) is 0.319. The molecule has 3 rings (SSSR count). The van der Waals surface area contributed by atoms with Crippen LogP contribution in [-0.2, 0) is 4.79 Å². The van der Waals surface area contributed by atoms with E-state index in [-0.39, 0.29) is 5.91 Å². The topological polar surface area (TPSA) is 33.2 Å². The Morgan fingerprint density at radius 1 is 1.20 bits per heavy atom. The third-order valence-corrected chi connectivity index (χ3v) is 5.94. The van der Waals surface area contributed by atoms with Gasteiger partial charge in [-0.15, -0.1) is 11.3 Å². The molecule has 0 N–H and O–H groups in total. The SMILES string of the molecule is CN(C(=O)C(C)(C)C)c1ccc(-c2cc3ccc(I)cc3s2)nc1Cl. The van der Waals surface area contributed by atoms with E-state index in [9.17, 15) is 4.79 Å². The van der Waals surface area contributed by atoms with Crippen LogP contribution in [0.2, 0.25) is 5.15 Å². The number of hydrogen-bond acceptors (Lipinski definition) is 3. The highest BCUT2D eigenvalue weighted by molar-refractivity contribution is 14.1. The number of benzene rings is 1. The molecule has 25 heavy (non-hydrogen) atoms. The molecule has 0 aliphatic carbocycles. The summed E-state index contributed by atoms with van der Waals surface area (Å²) >= 11 is 10.4. The smallest absolute Gasteiger partial charge is 0.232 e. The summed E-state index contributed by atoms with van der Waals surface area (Å²) in [6.07, 6.45) is 0. The van der Waals surface area contributed by atoms with Crippen molar-refractivity contribution < 1.29 is 4.79 Å². The van der Waals surface area contributed by atoms with Crippen LogP contribution in [-0.4, -0.2) is 17.9 Å². The standard InChI is InChI=1S/C19H18ClIN2OS/c1-19(2,3)18(24)23(4)14-8-7-13(22-17(14)20)16-9-11-5-6-12(21)10-15(11)25-16/h5-10H,1-4H3. The molecule has 3 nitrogen and oxygen atoms in total. The highest BCUT2D eigenvalue weighted by Crippen LogP contribution is 2.36. The monoisotopic (exact) mass is 484 g/mol. The fourth-order valence-electron chi connectivity index (χ4n) is 2.56. The second kappa shape index (κ2) is 6.85. The molecule has 0 spiro atoms. The van der Waals surface area contributed by atoms with Gasteiger partial charge >= 0.3 is 0 Å². The second-order valence-electron chi connectivity index (χ2n) is 6.91. The first-order valence-electron chi connectivity index (χ1n) is 7.81. The first-order valence-corrected chi connectivity index (χ1v) is 10.1. The van der Waals surface area contributed by atoms with Gasteiger partial charge in [0.25, 0.3) is 0 Å². The molecule has 3 aromatic rings. The molecule has 0 saturated carbocycles. The van der Waals surface area contributed by atoms with Crippen LogP contribution in [0.15, 0.2) is 36.4 Å². The van der Waals surface area contributed by atoms with Gasteiger partial charge in [-0.25, -0.2) is 4.98 Å². The molecular weight excluding hydrogens is 467 g/mol. The molecule has 1 aromatic carbocycles. The molecule has 2 heterocycles. The maximum absolute atomic E-state index is 12.5. The lowest BCUT2D eigenvalue weighted by Crippen LogP contribution is -2.36. The van der Waals surface area contributed by atoms with Gasteiger partial charge in [0.15, 0.2) is 5.15 Å². The molecule has 0 radical (unpaired) electrons. The van der Waals surface area contributed by atoms with Gasteiger partial charge < -0.3 is 4.90 Å². The van der Waals surface area contributed by atoms with Crippen molar-refractivity contribution in [2.45, 2.75) is 20.8 Å². The summed E-state index contributed by atoms with van der Waals surface area (Å²) in [4.78, 5) is 19.6. The molecule has 6 heteroatoms. The van der Waals surface area contributed by atoms with Crippen molar-refractivity contribution in [3.8, 4) is 10.6 Å². The van der Waals surface area contributed by atoms with Crippen molar-refractivity contribution >= 4 is 67.2 Å². The number of anilines is 1. The Kier molecular flexibility index (Phi) is 5.10. The van der Waals surface area contributed by atoms with Crippen molar-refractivity contribution in [1.29, 1.82) is 0 Å². The van der Waals surface area contributed by atoms with Gasteiger partial charge in [-0.2, -0.15) is 0 Å². The largest absolute Gasteiger partial charge is 0.312 e. The van der Waals surface area contributed by atoms with Crippen LogP contribution < -0.4 is 4.90 Å². The van der Waals surface area contributed by atoms with E-state index in [0.717, 1.165) is 10.6 Å². The Hall–Kier alpha value is -1.18. The Balaban J connectivity index is 1.97. The number of pyridine rings is 1. The van der Waals surface area contributed by atoms with Crippen molar-refractivity contribution in [2.24, 2.45) is 5.41 Å². The average molecular weight is 485 g/mol. The summed E-state index contributed by atoms with van der Waals surface area (Å²) in [5.41, 5.74) is 0.974. The summed E-state index contributed by atoms with van der Waals surface area (Å²) in [5, 5.41) is 1.53. The van der Waals surface area contributed by atoms with Gasteiger partial charge in [-0.05, 0) is 58.3 Å². The van der Waals surface area contributed by atoms with Crippen molar-refractivity contribution in [1.82, 2.24) is 4.98 Å². The molecule has 0 bridgehead atoms. The van der Waals surface area contributed by atoms with E-state index in [1.165, 1.54) is 13.7 Å². The molecule has 0 aliphatic rings. The van der Waals surface area contributed by atoms with E-state index in [0.29, 0.717) is 10.8 Å². The van der Waals surface area contributed by atoms with Crippen LogP contribution in [0.25, 0.3) is 20.7 Å². The Bertz CT molecular complexity index is 962. The highest BCUT2D eigenvalue weighted by Gasteiger charge is 2.27. The van der Waals surface area contributed by atoms with E-state index in [4.69, 9.17) is 11.6 Å². The summed E-state index contributed by atoms with van der Waals surface area (Å²) in [6, 6.07) is 12.3. The molecule has 0 atom stereocenters. The molecular formula is C19H18ClIN2OS. The second-order valence-corrected chi connectivity index (χ2v) is 9.60. The fraction of sp³-hybridized carbons (Fsp3) is 0.263. The predicted molar refractivity (Wildman–Crippen MR) is 116 cm³/mol. The van der Waals surface area contributed by atoms with Gasteiger partial charge in [-0.3, -0.25) is 4.79 Å². The number of aromatic nitrogens is 1. The maximum Gasteiger partial charge on any atom is 0.232 e. The molecule has 1 amide bonds. The zero-order valence-electron chi connectivity index (χ0n) is 14.4. The number of amides is 1.